The summed E-state index contributed by atoms with van der Waals surface area (Å²) < 4.78 is 10.2. The van der Waals surface area contributed by atoms with E-state index in [0.29, 0.717) is 32.8 Å². The van der Waals surface area contributed by atoms with Gasteiger partial charge in [0.15, 0.2) is 0 Å². The summed E-state index contributed by atoms with van der Waals surface area (Å²) in [5, 5.41) is 0. The van der Waals surface area contributed by atoms with Gasteiger partial charge < -0.3 is 20.1 Å². The molecule has 0 saturated heterocycles. The maximum atomic E-state index is 11.7. The molecular formula is C11H24N2O3. The van der Waals surface area contributed by atoms with E-state index in [4.69, 9.17) is 15.2 Å². The number of methoxy groups -OCH3 is 1. The minimum Gasteiger partial charge on any atom is -0.383 e. The van der Waals surface area contributed by atoms with Crippen molar-refractivity contribution in [2.75, 3.05) is 46.6 Å². The van der Waals surface area contributed by atoms with Gasteiger partial charge in [-0.25, -0.2) is 0 Å². The number of hydrogen-bond donors (Lipinski definition) is 1. The second-order valence-corrected chi connectivity index (χ2v) is 3.57. The van der Waals surface area contributed by atoms with Crippen LogP contribution < -0.4 is 5.73 Å². The van der Waals surface area contributed by atoms with E-state index >= 15 is 0 Å². The molecule has 0 rings (SSSR count). The molecule has 0 fully saturated rings. The number of ether oxygens (including phenoxy) is 2. The lowest BCUT2D eigenvalue weighted by molar-refractivity contribution is -0.136. The number of carbonyl (C=O) groups is 1. The van der Waals surface area contributed by atoms with E-state index in [0.717, 1.165) is 12.8 Å². The molecule has 16 heavy (non-hydrogen) atoms. The highest BCUT2D eigenvalue weighted by molar-refractivity contribution is 5.77. The molecular weight excluding hydrogens is 208 g/mol. The Balaban J connectivity index is 3.88. The van der Waals surface area contributed by atoms with Gasteiger partial charge in [-0.05, 0) is 19.4 Å². The first-order valence-corrected chi connectivity index (χ1v) is 5.80. The topological polar surface area (TPSA) is 64.8 Å². The molecule has 0 aliphatic heterocycles. The Morgan fingerprint density at radius 2 is 2.06 bits per heavy atom. The molecule has 0 aliphatic carbocycles. The minimum absolute atomic E-state index is 0.0129. The molecule has 0 radical (unpaired) electrons. The van der Waals surface area contributed by atoms with Gasteiger partial charge in [0.2, 0.25) is 5.91 Å². The third-order valence-electron chi connectivity index (χ3n) is 2.12. The molecule has 0 heterocycles. The van der Waals surface area contributed by atoms with Crippen LogP contribution in [0.25, 0.3) is 0 Å². The first-order valence-electron chi connectivity index (χ1n) is 5.80. The van der Waals surface area contributed by atoms with Gasteiger partial charge in [-0.1, -0.05) is 6.92 Å². The SMILES string of the molecule is CCCOCC(=O)N(CCCN)CCOC. The van der Waals surface area contributed by atoms with Gasteiger partial charge in [0, 0.05) is 26.8 Å². The van der Waals surface area contributed by atoms with Crippen LogP contribution in [-0.2, 0) is 14.3 Å². The van der Waals surface area contributed by atoms with Crippen LogP contribution in [0.5, 0.6) is 0 Å². The summed E-state index contributed by atoms with van der Waals surface area (Å²) >= 11 is 0. The smallest absolute Gasteiger partial charge is 0.248 e. The van der Waals surface area contributed by atoms with Crippen molar-refractivity contribution in [1.82, 2.24) is 4.90 Å². The number of nitrogens with zero attached hydrogens (tertiary/aromatic N) is 1. The lowest BCUT2D eigenvalue weighted by Crippen LogP contribution is -2.38. The molecule has 0 aromatic carbocycles. The van der Waals surface area contributed by atoms with Gasteiger partial charge in [0.1, 0.15) is 6.61 Å². The van der Waals surface area contributed by atoms with Crippen LogP contribution >= 0.6 is 0 Å². The molecule has 0 aliphatic rings. The third kappa shape index (κ3) is 7.62. The van der Waals surface area contributed by atoms with Gasteiger partial charge >= 0.3 is 0 Å². The highest BCUT2D eigenvalue weighted by atomic mass is 16.5. The minimum atomic E-state index is 0.0129. The van der Waals surface area contributed by atoms with Crippen molar-refractivity contribution in [3.05, 3.63) is 0 Å². The summed E-state index contributed by atoms with van der Waals surface area (Å²) in [6.07, 6.45) is 1.73. The molecule has 5 heteroatoms. The Morgan fingerprint density at radius 1 is 1.31 bits per heavy atom. The van der Waals surface area contributed by atoms with Gasteiger partial charge in [0.05, 0.1) is 6.61 Å². The van der Waals surface area contributed by atoms with Gasteiger partial charge in [-0.15, -0.1) is 0 Å². The van der Waals surface area contributed by atoms with Crippen LogP contribution in [0.3, 0.4) is 0 Å². The average molecular weight is 232 g/mol. The normalized spacial score (nSPS) is 10.4. The Morgan fingerprint density at radius 3 is 2.62 bits per heavy atom. The van der Waals surface area contributed by atoms with Crippen molar-refractivity contribution >= 4 is 5.91 Å². The zero-order valence-electron chi connectivity index (χ0n) is 10.4. The fourth-order valence-electron chi connectivity index (χ4n) is 1.24. The zero-order chi connectivity index (χ0) is 12.2. The molecule has 0 spiro atoms. The Labute approximate surface area is 97.9 Å². The maximum absolute atomic E-state index is 11.7. The van der Waals surface area contributed by atoms with Gasteiger partial charge in [-0.2, -0.15) is 0 Å². The predicted octanol–water partition coefficient (Wildman–Crippen LogP) is 0.237. The lowest BCUT2D eigenvalue weighted by Gasteiger charge is -2.22. The second-order valence-electron chi connectivity index (χ2n) is 3.57. The Kier molecular flexibility index (Phi) is 10.4. The summed E-state index contributed by atoms with van der Waals surface area (Å²) in [5.74, 6) is 0.0129. The molecule has 96 valence electrons. The molecule has 2 N–H and O–H groups in total. The highest BCUT2D eigenvalue weighted by Crippen LogP contribution is 1.94. The van der Waals surface area contributed by atoms with Crippen LogP contribution in [0.1, 0.15) is 19.8 Å². The molecule has 0 unspecified atom stereocenters. The zero-order valence-corrected chi connectivity index (χ0v) is 10.4. The van der Waals surface area contributed by atoms with Crippen molar-refractivity contribution in [3.63, 3.8) is 0 Å². The van der Waals surface area contributed by atoms with E-state index in [1.165, 1.54) is 0 Å². The fourth-order valence-corrected chi connectivity index (χ4v) is 1.24. The second kappa shape index (κ2) is 10.9. The Bertz CT molecular complexity index is 169. The highest BCUT2D eigenvalue weighted by Gasteiger charge is 2.12. The monoisotopic (exact) mass is 232 g/mol. The van der Waals surface area contributed by atoms with E-state index in [-0.39, 0.29) is 12.5 Å². The quantitative estimate of drug-likeness (QED) is 0.548. The first-order chi connectivity index (χ1) is 7.76. The van der Waals surface area contributed by atoms with Crippen molar-refractivity contribution in [3.8, 4) is 0 Å². The molecule has 0 aromatic rings. The summed E-state index contributed by atoms with van der Waals surface area (Å²) in [5.41, 5.74) is 5.43. The van der Waals surface area contributed by atoms with Crippen LogP contribution in [-0.4, -0.2) is 57.4 Å². The number of carbonyl (C=O) groups excluding carboxylic acids is 1. The maximum Gasteiger partial charge on any atom is 0.248 e. The molecule has 0 atom stereocenters. The van der Waals surface area contributed by atoms with E-state index in [9.17, 15) is 4.79 Å². The van der Waals surface area contributed by atoms with E-state index in [2.05, 4.69) is 0 Å². The van der Waals surface area contributed by atoms with Gasteiger partial charge in [-0.3, -0.25) is 4.79 Å². The van der Waals surface area contributed by atoms with E-state index in [1.807, 2.05) is 6.92 Å². The summed E-state index contributed by atoms with van der Waals surface area (Å²) in [4.78, 5) is 13.5. The van der Waals surface area contributed by atoms with Crippen LogP contribution in [0, 0.1) is 0 Å². The summed E-state index contributed by atoms with van der Waals surface area (Å²) in [6, 6.07) is 0. The summed E-state index contributed by atoms with van der Waals surface area (Å²) in [6.45, 7) is 5.21. The largest absolute Gasteiger partial charge is 0.383 e. The molecule has 1 amide bonds. The molecule has 5 nitrogen and oxygen atoms in total. The van der Waals surface area contributed by atoms with Gasteiger partial charge in [0.25, 0.3) is 0 Å². The molecule has 0 saturated carbocycles. The van der Waals surface area contributed by atoms with E-state index < -0.39 is 0 Å². The summed E-state index contributed by atoms with van der Waals surface area (Å²) in [7, 11) is 1.62. The van der Waals surface area contributed by atoms with Crippen LogP contribution in [0.2, 0.25) is 0 Å². The van der Waals surface area contributed by atoms with Crippen LogP contribution in [0.15, 0.2) is 0 Å². The fraction of sp³-hybridized carbons (Fsp3) is 0.909. The van der Waals surface area contributed by atoms with Crippen molar-refractivity contribution in [2.24, 2.45) is 5.73 Å². The number of nitrogens with two attached hydrogens (primary N) is 1. The number of hydrogen-bond acceptors (Lipinski definition) is 4. The van der Waals surface area contributed by atoms with Crippen LogP contribution in [0.4, 0.5) is 0 Å². The van der Waals surface area contributed by atoms with Crippen molar-refractivity contribution < 1.29 is 14.3 Å². The molecule has 0 bridgehead atoms. The van der Waals surface area contributed by atoms with E-state index in [1.54, 1.807) is 12.0 Å². The first kappa shape index (κ1) is 15.3. The third-order valence-corrected chi connectivity index (χ3v) is 2.12. The predicted molar refractivity (Wildman–Crippen MR) is 63.2 cm³/mol. The Hall–Kier alpha value is -0.650. The number of amides is 1. The average Bonchev–Trinajstić information content (AvgIpc) is 2.29. The number of rotatable bonds is 10. The molecule has 0 aromatic heterocycles. The van der Waals surface area contributed by atoms with Crippen molar-refractivity contribution in [2.45, 2.75) is 19.8 Å². The lowest BCUT2D eigenvalue weighted by atomic mass is 10.3. The standard InChI is InChI=1S/C11H24N2O3/c1-3-8-16-10-11(14)13(6-4-5-12)7-9-15-2/h3-10,12H2,1-2H3. The van der Waals surface area contributed by atoms with Crippen molar-refractivity contribution in [1.29, 1.82) is 0 Å².